The van der Waals surface area contributed by atoms with Crippen LogP contribution in [0.15, 0.2) is 49.1 Å². The maximum absolute atomic E-state index is 12.6. The van der Waals surface area contributed by atoms with Crippen molar-refractivity contribution in [2.45, 2.75) is 56.9 Å². The van der Waals surface area contributed by atoms with Crippen LogP contribution >= 0.6 is 22.9 Å². The molecule has 3 aromatic heterocycles. The first kappa shape index (κ1) is 32.1. The molecule has 6 rings (SSSR count). The van der Waals surface area contributed by atoms with Crippen LogP contribution in [0.2, 0.25) is 5.02 Å². The number of likely N-dealkylation sites (tertiary alicyclic amines) is 1. The van der Waals surface area contributed by atoms with Crippen molar-refractivity contribution >= 4 is 34.9 Å². The summed E-state index contributed by atoms with van der Waals surface area (Å²) in [6.07, 6.45) is 6.00. The lowest BCUT2D eigenvalue weighted by Crippen LogP contribution is -2.39. The lowest BCUT2D eigenvalue weighted by atomic mass is 9.91. The van der Waals surface area contributed by atoms with E-state index in [1.54, 1.807) is 23.1 Å². The number of ether oxygens (including phenoxy) is 2. The van der Waals surface area contributed by atoms with Gasteiger partial charge >= 0.3 is 6.18 Å². The van der Waals surface area contributed by atoms with Crippen molar-refractivity contribution in [1.82, 2.24) is 24.2 Å². The Morgan fingerprint density at radius 1 is 1.24 bits per heavy atom. The van der Waals surface area contributed by atoms with Crippen molar-refractivity contribution in [3.63, 3.8) is 0 Å². The van der Waals surface area contributed by atoms with Gasteiger partial charge in [-0.15, -0.1) is 11.3 Å². The normalized spacial score (nSPS) is 18.0. The number of imidazole rings is 1. The fraction of sp³-hybridized carbons (Fsp3) is 0.406. The highest BCUT2D eigenvalue weighted by molar-refractivity contribution is 7.16. The van der Waals surface area contributed by atoms with E-state index >= 15 is 0 Å². The van der Waals surface area contributed by atoms with Gasteiger partial charge in [-0.1, -0.05) is 29.8 Å². The number of thiophene rings is 1. The van der Waals surface area contributed by atoms with Crippen molar-refractivity contribution in [3.8, 4) is 16.5 Å². The van der Waals surface area contributed by atoms with Gasteiger partial charge in [-0.2, -0.15) is 18.3 Å². The Bertz CT molecular complexity index is 1740. The van der Waals surface area contributed by atoms with E-state index in [4.69, 9.17) is 26.8 Å². The molecule has 0 bridgehead atoms. The predicted molar refractivity (Wildman–Crippen MR) is 170 cm³/mol. The SMILES string of the molecule is CC(Oc1cc(-n2cnc3c2C=CC(c2cnn(C)c2)C3)sc1C(N)=O)c1cccc(OC2CCN(CCC(F)(F)F)CC2)c1Cl. The Balaban J connectivity index is 1.14. The van der Waals surface area contributed by atoms with Gasteiger partial charge in [0.2, 0.25) is 0 Å². The van der Waals surface area contributed by atoms with Gasteiger partial charge in [0, 0.05) is 56.8 Å². The number of alkyl halides is 3. The summed E-state index contributed by atoms with van der Waals surface area (Å²) in [6.45, 7) is 2.86. The minimum atomic E-state index is -4.16. The van der Waals surface area contributed by atoms with Crippen LogP contribution in [0.25, 0.3) is 11.1 Å². The number of hydrogen-bond acceptors (Lipinski definition) is 7. The van der Waals surface area contributed by atoms with E-state index < -0.39 is 24.6 Å². The summed E-state index contributed by atoms with van der Waals surface area (Å²) in [5.41, 5.74) is 9.42. The molecule has 1 fully saturated rings. The molecule has 0 spiro atoms. The van der Waals surface area contributed by atoms with E-state index in [-0.39, 0.29) is 23.4 Å². The quantitative estimate of drug-likeness (QED) is 0.201. The summed E-state index contributed by atoms with van der Waals surface area (Å²) in [7, 11) is 1.89. The molecule has 1 aliphatic carbocycles. The van der Waals surface area contributed by atoms with Gasteiger partial charge in [-0.25, -0.2) is 4.98 Å². The van der Waals surface area contributed by atoms with Crippen molar-refractivity contribution < 1.29 is 27.4 Å². The smallest absolute Gasteiger partial charge is 0.390 e. The number of benzene rings is 1. The molecule has 2 atom stereocenters. The Morgan fingerprint density at radius 2 is 2.02 bits per heavy atom. The summed E-state index contributed by atoms with van der Waals surface area (Å²) < 4.78 is 54.0. The molecule has 4 heterocycles. The number of hydrogen-bond donors (Lipinski definition) is 1. The zero-order valence-corrected chi connectivity index (χ0v) is 26.9. The third-order valence-electron chi connectivity index (χ3n) is 8.36. The zero-order chi connectivity index (χ0) is 32.6. The number of rotatable bonds is 10. The van der Waals surface area contributed by atoms with Gasteiger partial charge in [0.05, 0.1) is 29.0 Å². The molecule has 2 aliphatic rings. The number of aryl methyl sites for hydroxylation is 1. The molecule has 1 amide bonds. The topological polar surface area (TPSA) is 100 Å². The summed E-state index contributed by atoms with van der Waals surface area (Å²) >= 11 is 8.01. The number of aromatic nitrogens is 4. The molecule has 1 saturated heterocycles. The van der Waals surface area contributed by atoms with E-state index in [1.165, 1.54) is 11.3 Å². The average Bonchev–Trinajstić information content (AvgIpc) is 3.75. The second kappa shape index (κ2) is 13.1. The van der Waals surface area contributed by atoms with Gasteiger partial charge in [0.1, 0.15) is 39.9 Å². The van der Waals surface area contributed by atoms with Crippen molar-refractivity contribution in [3.05, 3.63) is 81.5 Å². The number of allylic oxidation sites excluding steroid dienone is 1. The third-order valence-corrected chi connectivity index (χ3v) is 9.89. The molecule has 2 N–H and O–H groups in total. The van der Waals surface area contributed by atoms with Gasteiger partial charge in [-0.05, 0) is 37.5 Å². The molecular weight excluding hydrogens is 641 g/mol. The number of fused-ring (bicyclic) bond motifs is 1. The molecule has 9 nitrogen and oxygen atoms in total. The number of piperidine rings is 1. The third kappa shape index (κ3) is 7.11. The molecule has 14 heteroatoms. The molecule has 1 aromatic carbocycles. The second-order valence-electron chi connectivity index (χ2n) is 11.6. The van der Waals surface area contributed by atoms with Crippen LogP contribution in [-0.2, 0) is 13.5 Å². The Labute approximate surface area is 273 Å². The summed E-state index contributed by atoms with van der Waals surface area (Å²) in [5.74, 6) is 0.383. The molecule has 4 aromatic rings. The van der Waals surface area contributed by atoms with Crippen LogP contribution in [0.5, 0.6) is 11.5 Å². The molecule has 0 saturated carbocycles. The van der Waals surface area contributed by atoms with E-state index in [0.29, 0.717) is 48.0 Å². The lowest BCUT2D eigenvalue weighted by molar-refractivity contribution is -0.138. The zero-order valence-electron chi connectivity index (χ0n) is 25.3. The molecule has 244 valence electrons. The van der Waals surface area contributed by atoms with Gasteiger partial charge in [0.25, 0.3) is 5.91 Å². The van der Waals surface area contributed by atoms with Crippen molar-refractivity contribution in [2.24, 2.45) is 12.8 Å². The van der Waals surface area contributed by atoms with Crippen LogP contribution in [0.1, 0.15) is 70.4 Å². The fourth-order valence-electron chi connectivity index (χ4n) is 5.89. The van der Waals surface area contributed by atoms with Crippen molar-refractivity contribution in [2.75, 3.05) is 19.6 Å². The highest BCUT2D eigenvalue weighted by Crippen LogP contribution is 2.40. The first-order chi connectivity index (χ1) is 21.9. The second-order valence-corrected chi connectivity index (χ2v) is 13.1. The van der Waals surface area contributed by atoms with Crippen LogP contribution in [0.4, 0.5) is 13.2 Å². The Hall–Kier alpha value is -3.81. The van der Waals surface area contributed by atoms with Gasteiger partial charge in [-0.3, -0.25) is 14.0 Å². The largest absolute Gasteiger partial charge is 0.489 e. The number of carbonyl (C=O) groups is 1. The maximum Gasteiger partial charge on any atom is 0.390 e. The first-order valence-electron chi connectivity index (χ1n) is 15.0. The number of primary amides is 1. The highest BCUT2D eigenvalue weighted by Gasteiger charge is 2.30. The number of carbonyl (C=O) groups excluding carboxylic acids is 1. The number of nitrogens with zero attached hydrogens (tertiary/aromatic N) is 5. The average molecular weight is 675 g/mol. The van der Waals surface area contributed by atoms with Crippen LogP contribution in [0, 0.1) is 0 Å². The Kier molecular flexibility index (Phi) is 9.17. The van der Waals surface area contributed by atoms with E-state index in [2.05, 4.69) is 16.2 Å². The van der Waals surface area contributed by atoms with Crippen LogP contribution < -0.4 is 15.2 Å². The molecule has 46 heavy (non-hydrogen) atoms. The summed E-state index contributed by atoms with van der Waals surface area (Å²) in [4.78, 5) is 19.2. The predicted octanol–water partition coefficient (Wildman–Crippen LogP) is 6.71. The van der Waals surface area contributed by atoms with Crippen LogP contribution in [-0.4, -0.2) is 62.1 Å². The Morgan fingerprint density at radius 3 is 2.72 bits per heavy atom. The molecule has 1 aliphatic heterocycles. The molecule has 0 radical (unpaired) electrons. The minimum absolute atomic E-state index is 0.00837. The minimum Gasteiger partial charge on any atom is -0.489 e. The lowest BCUT2D eigenvalue weighted by Gasteiger charge is -2.32. The first-order valence-corrected chi connectivity index (χ1v) is 16.2. The highest BCUT2D eigenvalue weighted by atomic mass is 35.5. The fourth-order valence-corrected chi connectivity index (χ4v) is 7.14. The number of amides is 1. The maximum atomic E-state index is 12.6. The van der Waals surface area contributed by atoms with Gasteiger partial charge < -0.3 is 20.1 Å². The molecular formula is C32H34ClF3N6O3S. The van der Waals surface area contributed by atoms with E-state index in [9.17, 15) is 18.0 Å². The van der Waals surface area contributed by atoms with Crippen molar-refractivity contribution in [1.29, 1.82) is 0 Å². The molecule has 2 unspecified atom stereocenters. The van der Waals surface area contributed by atoms with E-state index in [1.807, 2.05) is 54.0 Å². The monoisotopic (exact) mass is 674 g/mol. The van der Waals surface area contributed by atoms with Crippen LogP contribution in [0.3, 0.4) is 0 Å². The van der Waals surface area contributed by atoms with Gasteiger partial charge in [0.15, 0.2) is 0 Å². The standard InChI is InChI=1S/C32H34ClF3N6O3S/c1-19(23-4-3-5-26(29(23)33)45-22-8-11-41(12-9-22)13-10-32(34,35)36)44-27-15-28(46-30(27)31(37)43)42-18-38-24-14-20(6-7-25(24)42)21-16-39-40(2)17-21/h3-7,15-20,22H,8-14H2,1-2H3,(H2,37,43). The number of halogens is 4. The summed E-state index contributed by atoms with van der Waals surface area (Å²) in [5, 5.41) is 5.39. The van der Waals surface area contributed by atoms with E-state index in [0.717, 1.165) is 28.4 Å². The number of nitrogens with two attached hydrogens (primary N) is 1. The summed E-state index contributed by atoms with van der Waals surface area (Å²) in [6, 6.07) is 7.18.